The summed E-state index contributed by atoms with van der Waals surface area (Å²) in [6.45, 7) is 4.77. The lowest BCUT2D eigenvalue weighted by atomic mass is 10.1. The zero-order valence-corrected chi connectivity index (χ0v) is 14.0. The van der Waals surface area contributed by atoms with Crippen molar-refractivity contribution < 1.29 is 14.3 Å². The first kappa shape index (κ1) is 16.6. The van der Waals surface area contributed by atoms with E-state index in [0.717, 1.165) is 13.0 Å². The normalized spacial score (nSPS) is 20.9. The number of hydrazone groups is 1. The van der Waals surface area contributed by atoms with Gasteiger partial charge in [0.2, 0.25) is 5.91 Å². The molecule has 2 heterocycles. The number of hydrogen-bond donors (Lipinski definition) is 0. The summed E-state index contributed by atoms with van der Waals surface area (Å²) in [6, 6.07) is 9.24. The van der Waals surface area contributed by atoms with Crippen LogP contribution >= 0.6 is 0 Å². The van der Waals surface area contributed by atoms with E-state index in [1.54, 1.807) is 0 Å². The van der Waals surface area contributed by atoms with Crippen molar-refractivity contribution >= 4 is 23.2 Å². The van der Waals surface area contributed by atoms with Crippen molar-refractivity contribution in [2.24, 2.45) is 11.0 Å². The lowest BCUT2D eigenvalue weighted by Gasteiger charge is -2.28. The predicted molar refractivity (Wildman–Crippen MR) is 91.8 cm³/mol. The van der Waals surface area contributed by atoms with Gasteiger partial charge < -0.3 is 9.64 Å². The maximum atomic E-state index is 12.8. The van der Waals surface area contributed by atoms with Crippen LogP contribution in [-0.2, 0) is 14.3 Å². The number of carbonyl (C=O) groups excluding carboxylic acids is 2. The Kier molecular flexibility index (Phi) is 5.25. The van der Waals surface area contributed by atoms with E-state index in [1.165, 1.54) is 5.01 Å². The summed E-state index contributed by atoms with van der Waals surface area (Å²) in [6.07, 6.45) is 1.70. The van der Waals surface area contributed by atoms with Gasteiger partial charge in [-0.1, -0.05) is 18.2 Å². The van der Waals surface area contributed by atoms with E-state index in [9.17, 15) is 9.59 Å². The Morgan fingerprint density at radius 3 is 2.79 bits per heavy atom. The third-order valence-corrected chi connectivity index (χ3v) is 4.45. The quantitative estimate of drug-likeness (QED) is 0.830. The number of hydrogen-bond acceptors (Lipinski definition) is 4. The molecule has 0 aliphatic carbocycles. The van der Waals surface area contributed by atoms with Gasteiger partial charge in [0, 0.05) is 38.5 Å². The van der Waals surface area contributed by atoms with Gasteiger partial charge in [-0.25, -0.2) is 5.01 Å². The number of benzene rings is 1. The second-order valence-electron chi connectivity index (χ2n) is 6.16. The van der Waals surface area contributed by atoms with Gasteiger partial charge in [-0.2, -0.15) is 5.10 Å². The van der Waals surface area contributed by atoms with Crippen LogP contribution in [0, 0.1) is 5.92 Å². The molecule has 0 spiro atoms. The summed E-state index contributed by atoms with van der Waals surface area (Å²) < 4.78 is 5.40. The summed E-state index contributed by atoms with van der Waals surface area (Å²) in [4.78, 5) is 26.8. The molecule has 6 heteroatoms. The van der Waals surface area contributed by atoms with Gasteiger partial charge in [0.05, 0.1) is 12.3 Å². The third kappa shape index (κ3) is 3.64. The molecule has 0 N–H and O–H groups in total. The number of ether oxygens (including phenoxy) is 1. The topological polar surface area (TPSA) is 62.2 Å². The first-order valence-corrected chi connectivity index (χ1v) is 8.51. The minimum atomic E-state index is -0.0787. The van der Waals surface area contributed by atoms with E-state index in [2.05, 4.69) is 5.10 Å². The second kappa shape index (κ2) is 7.57. The molecule has 6 nitrogen and oxygen atoms in total. The van der Waals surface area contributed by atoms with E-state index in [0.29, 0.717) is 49.9 Å². The molecule has 2 aliphatic rings. The van der Waals surface area contributed by atoms with Crippen molar-refractivity contribution in [3.63, 3.8) is 0 Å². The average molecular weight is 329 g/mol. The molecule has 0 radical (unpaired) electrons. The fourth-order valence-corrected chi connectivity index (χ4v) is 3.06. The molecule has 1 aromatic carbocycles. The van der Waals surface area contributed by atoms with Gasteiger partial charge in [0.25, 0.3) is 5.91 Å². The highest BCUT2D eigenvalue weighted by molar-refractivity contribution is 6.40. The molecule has 2 amide bonds. The largest absolute Gasteiger partial charge is 0.381 e. The maximum absolute atomic E-state index is 12.8. The Morgan fingerprint density at radius 1 is 1.33 bits per heavy atom. The summed E-state index contributed by atoms with van der Waals surface area (Å²) in [5, 5.41) is 5.70. The van der Waals surface area contributed by atoms with Crippen LogP contribution in [0.5, 0.6) is 0 Å². The highest BCUT2D eigenvalue weighted by Gasteiger charge is 2.29. The molecule has 1 saturated heterocycles. The molecule has 0 unspecified atom stereocenters. The molecule has 1 aromatic rings. The van der Waals surface area contributed by atoms with Crippen LogP contribution in [-0.4, -0.2) is 48.7 Å². The number of rotatable bonds is 5. The molecular weight excluding hydrogens is 306 g/mol. The van der Waals surface area contributed by atoms with Crippen molar-refractivity contribution in [2.75, 3.05) is 31.3 Å². The van der Waals surface area contributed by atoms with Crippen LogP contribution < -0.4 is 5.01 Å². The van der Waals surface area contributed by atoms with Crippen LogP contribution in [0.1, 0.15) is 26.2 Å². The first-order valence-electron chi connectivity index (χ1n) is 8.51. The second-order valence-corrected chi connectivity index (χ2v) is 6.16. The summed E-state index contributed by atoms with van der Waals surface area (Å²) in [5.74, 6) is 0.243. The minimum absolute atomic E-state index is 0.0715. The molecule has 0 bridgehead atoms. The van der Waals surface area contributed by atoms with E-state index >= 15 is 0 Å². The highest BCUT2D eigenvalue weighted by atomic mass is 16.5. The van der Waals surface area contributed by atoms with Gasteiger partial charge in [0.1, 0.15) is 5.71 Å². The number of nitrogens with zero attached hydrogens (tertiary/aromatic N) is 3. The zero-order chi connectivity index (χ0) is 16.9. The van der Waals surface area contributed by atoms with Gasteiger partial charge in [-0.3, -0.25) is 9.59 Å². The number of para-hydroxylation sites is 1. The van der Waals surface area contributed by atoms with Gasteiger partial charge in [-0.15, -0.1) is 0 Å². The summed E-state index contributed by atoms with van der Waals surface area (Å²) in [7, 11) is 0. The average Bonchev–Trinajstić information content (AvgIpc) is 3.13. The van der Waals surface area contributed by atoms with E-state index in [4.69, 9.17) is 4.74 Å². The van der Waals surface area contributed by atoms with E-state index in [1.807, 2.05) is 42.2 Å². The first-order chi connectivity index (χ1) is 11.7. The monoisotopic (exact) mass is 329 g/mol. The lowest BCUT2D eigenvalue weighted by Crippen LogP contribution is -2.43. The van der Waals surface area contributed by atoms with Crippen molar-refractivity contribution in [1.82, 2.24) is 4.90 Å². The molecular formula is C18H23N3O3. The lowest BCUT2D eigenvalue weighted by molar-refractivity contribution is -0.124. The molecule has 1 fully saturated rings. The van der Waals surface area contributed by atoms with Crippen LogP contribution in [0.4, 0.5) is 5.69 Å². The van der Waals surface area contributed by atoms with E-state index in [-0.39, 0.29) is 11.8 Å². The molecule has 0 saturated carbocycles. The SMILES string of the molecule is CCN(C[C@H]1CCOC1)C(=O)C1=NN(c2ccccc2)C(=O)CC1. The Morgan fingerprint density at radius 2 is 2.12 bits per heavy atom. The van der Waals surface area contributed by atoms with E-state index < -0.39 is 0 Å². The number of amides is 2. The Labute approximate surface area is 142 Å². The fourth-order valence-electron chi connectivity index (χ4n) is 3.06. The molecule has 1 atom stereocenters. The standard InChI is InChI=1S/C18H23N3O3/c1-2-20(12-14-10-11-24-13-14)18(23)16-8-9-17(22)21(19-16)15-6-4-3-5-7-15/h3-7,14H,2,8-13H2,1H3/t14-/m1/s1. The van der Waals surface area contributed by atoms with Crippen molar-refractivity contribution in [1.29, 1.82) is 0 Å². The zero-order valence-electron chi connectivity index (χ0n) is 14.0. The molecule has 128 valence electrons. The van der Waals surface area contributed by atoms with Crippen molar-refractivity contribution in [2.45, 2.75) is 26.2 Å². The van der Waals surface area contributed by atoms with Crippen LogP contribution in [0.15, 0.2) is 35.4 Å². The molecule has 24 heavy (non-hydrogen) atoms. The highest BCUT2D eigenvalue weighted by Crippen LogP contribution is 2.21. The van der Waals surface area contributed by atoms with Crippen LogP contribution in [0.25, 0.3) is 0 Å². The number of carbonyl (C=O) groups is 2. The maximum Gasteiger partial charge on any atom is 0.270 e. The Balaban J connectivity index is 1.76. The van der Waals surface area contributed by atoms with Crippen LogP contribution in [0.2, 0.25) is 0 Å². The molecule has 2 aliphatic heterocycles. The smallest absolute Gasteiger partial charge is 0.270 e. The Bertz CT molecular complexity index is 624. The minimum Gasteiger partial charge on any atom is -0.381 e. The summed E-state index contributed by atoms with van der Waals surface area (Å²) in [5.41, 5.74) is 1.15. The van der Waals surface area contributed by atoms with Gasteiger partial charge in [0.15, 0.2) is 0 Å². The van der Waals surface area contributed by atoms with Crippen molar-refractivity contribution in [3.05, 3.63) is 30.3 Å². The fraction of sp³-hybridized carbons (Fsp3) is 0.500. The third-order valence-electron chi connectivity index (χ3n) is 4.45. The van der Waals surface area contributed by atoms with Gasteiger partial charge in [-0.05, 0) is 25.5 Å². The predicted octanol–water partition coefficient (Wildman–Crippen LogP) is 2.05. The Hall–Kier alpha value is -2.21. The molecule has 3 rings (SSSR count). The van der Waals surface area contributed by atoms with Gasteiger partial charge >= 0.3 is 0 Å². The summed E-state index contributed by atoms with van der Waals surface area (Å²) >= 11 is 0. The van der Waals surface area contributed by atoms with Crippen LogP contribution in [0.3, 0.4) is 0 Å². The number of anilines is 1. The van der Waals surface area contributed by atoms with Crippen molar-refractivity contribution in [3.8, 4) is 0 Å². The molecule has 0 aromatic heterocycles.